The van der Waals surface area contributed by atoms with Crippen LogP contribution in [0.1, 0.15) is 25.5 Å². The third-order valence-corrected chi connectivity index (χ3v) is 3.18. The van der Waals surface area contributed by atoms with Gasteiger partial charge in [0.1, 0.15) is 11.6 Å². The van der Waals surface area contributed by atoms with Crippen LogP contribution in [0.25, 0.3) is 0 Å². The lowest BCUT2D eigenvalue weighted by atomic mass is 10.1. The second-order valence-electron chi connectivity index (χ2n) is 4.60. The molecule has 0 radical (unpaired) electrons. The van der Waals surface area contributed by atoms with Gasteiger partial charge in [0.2, 0.25) is 0 Å². The lowest BCUT2D eigenvalue weighted by Crippen LogP contribution is -2.18. The molecule has 2 rings (SSSR count). The fourth-order valence-corrected chi connectivity index (χ4v) is 2.22. The van der Waals surface area contributed by atoms with Gasteiger partial charge in [-0.25, -0.2) is 8.78 Å². The number of rotatable bonds is 4. The molecule has 2 nitrogen and oxygen atoms in total. The molecular weight excluding hydrogens is 260 g/mol. The van der Waals surface area contributed by atoms with Gasteiger partial charge < -0.3 is 10.0 Å². The van der Waals surface area contributed by atoms with Gasteiger partial charge in [0, 0.05) is 23.5 Å². The van der Waals surface area contributed by atoms with Gasteiger partial charge in [-0.05, 0) is 56.3 Å². The molecule has 0 bridgehead atoms. The van der Waals surface area contributed by atoms with Crippen molar-refractivity contribution >= 4 is 11.4 Å². The molecule has 0 heterocycles. The Hall–Kier alpha value is -1.94. The highest BCUT2D eigenvalue weighted by molar-refractivity contribution is 5.66. The molecule has 1 atom stereocenters. The maximum absolute atomic E-state index is 13.4. The summed E-state index contributed by atoms with van der Waals surface area (Å²) >= 11 is 0. The Morgan fingerprint density at radius 1 is 1.05 bits per heavy atom. The highest BCUT2D eigenvalue weighted by Gasteiger charge is 2.15. The van der Waals surface area contributed by atoms with Crippen LogP contribution >= 0.6 is 0 Å². The van der Waals surface area contributed by atoms with Crippen molar-refractivity contribution < 1.29 is 13.9 Å². The first-order chi connectivity index (χ1) is 9.52. The van der Waals surface area contributed by atoms with Crippen molar-refractivity contribution in [3.63, 3.8) is 0 Å². The van der Waals surface area contributed by atoms with E-state index in [2.05, 4.69) is 0 Å². The van der Waals surface area contributed by atoms with Gasteiger partial charge in [-0.2, -0.15) is 0 Å². The Bertz CT molecular complexity index is 582. The molecule has 106 valence electrons. The first kappa shape index (κ1) is 14.5. The second kappa shape index (κ2) is 6.01. The van der Waals surface area contributed by atoms with E-state index in [9.17, 15) is 13.9 Å². The Morgan fingerprint density at radius 2 is 1.65 bits per heavy atom. The summed E-state index contributed by atoms with van der Waals surface area (Å²) in [5.41, 5.74) is 2.02. The monoisotopic (exact) mass is 277 g/mol. The maximum Gasteiger partial charge on any atom is 0.123 e. The summed E-state index contributed by atoms with van der Waals surface area (Å²) in [5, 5.41) is 9.81. The van der Waals surface area contributed by atoms with E-state index < -0.39 is 6.10 Å². The first-order valence-electron chi connectivity index (χ1n) is 6.53. The Labute approximate surface area is 117 Å². The van der Waals surface area contributed by atoms with Gasteiger partial charge in [0.05, 0.1) is 6.10 Å². The minimum absolute atomic E-state index is 0.306. The largest absolute Gasteiger partial charge is 0.389 e. The number of hydrogen-bond acceptors (Lipinski definition) is 2. The smallest absolute Gasteiger partial charge is 0.123 e. The van der Waals surface area contributed by atoms with E-state index in [1.165, 1.54) is 24.3 Å². The SMILES string of the molecule is CCN(c1ccc(F)cc1)c1ccc(F)cc1[C@@H](C)O. The van der Waals surface area contributed by atoms with Gasteiger partial charge in [-0.3, -0.25) is 0 Å². The number of aliphatic hydroxyl groups is 1. The maximum atomic E-state index is 13.4. The highest BCUT2D eigenvalue weighted by Crippen LogP contribution is 2.32. The van der Waals surface area contributed by atoms with E-state index in [0.717, 1.165) is 11.4 Å². The number of hydrogen-bond donors (Lipinski definition) is 1. The predicted octanol–water partition coefficient (Wildman–Crippen LogP) is 4.18. The van der Waals surface area contributed by atoms with Crippen LogP contribution < -0.4 is 4.90 Å². The fraction of sp³-hybridized carbons (Fsp3) is 0.250. The number of benzene rings is 2. The molecule has 0 aliphatic heterocycles. The zero-order chi connectivity index (χ0) is 14.7. The third-order valence-electron chi connectivity index (χ3n) is 3.18. The average Bonchev–Trinajstić information content (AvgIpc) is 2.43. The van der Waals surface area contributed by atoms with Crippen LogP contribution in [0.5, 0.6) is 0 Å². The topological polar surface area (TPSA) is 23.5 Å². The molecule has 0 saturated carbocycles. The van der Waals surface area contributed by atoms with Crippen molar-refractivity contribution in [2.45, 2.75) is 20.0 Å². The summed E-state index contributed by atoms with van der Waals surface area (Å²) in [5.74, 6) is -0.695. The van der Waals surface area contributed by atoms with Crippen LogP contribution in [0.2, 0.25) is 0 Å². The minimum Gasteiger partial charge on any atom is -0.389 e. The van der Waals surface area contributed by atoms with Crippen molar-refractivity contribution in [3.05, 3.63) is 59.7 Å². The summed E-state index contributed by atoms with van der Waals surface area (Å²) in [7, 11) is 0. The van der Waals surface area contributed by atoms with Gasteiger partial charge in [0.25, 0.3) is 0 Å². The molecule has 2 aromatic rings. The van der Waals surface area contributed by atoms with Crippen molar-refractivity contribution in [2.24, 2.45) is 0 Å². The summed E-state index contributed by atoms with van der Waals surface area (Å²) in [6, 6.07) is 10.4. The summed E-state index contributed by atoms with van der Waals surface area (Å²) in [4.78, 5) is 1.90. The van der Waals surface area contributed by atoms with Gasteiger partial charge in [-0.15, -0.1) is 0 Å². The van der Waals surface area contributed by atoms with Crippen LogP contribution in [0.4, 0.5) is 20.2 Å². The number of aliphatic hydroxyl groups excluding tert-OH is 1. The van der Waals surface area contributed by atoms with Crippen LogP contribution in [-0.2, 0) is 0 Å². The van der Waals surface area contributed by atoms with Crippen molar-refractivity contribution in [1.29, 1.82) is 0 Å². The predicted molar refractivity (Wildman–Crippen MR) is 76.1 cm³/mol. The Balaban J connectivity index is 2.49. The molecule has 0 amide bonds. The summed E-state index contributed by atoms with van der Waals surface area (Å²) in [6.45, 7) is 4.16. The number of halogens is 2. The van der Waals surface area contributed by atoms with E-state index in [-0.39, 0.29) is 11.6 Å². The standard InChI is InChI=1S/C16H17F2NO/c1-3-19(14-7-4-12(17)5-8-14)16-9-6-13(18)10-15(16)11(2)20/h4-11,20H,3H2,1-2H3/t11-/m1/s1. The number of anilines is 2. The van der Waals surface area contributed by atoms with E-state index in [0.29, 0.717) is 12.1 Å². The van der Waals surface area contributed by atoms with Crippen LogP contribution in [0.15, 0.2) is 42.5 Å². The minimum atomic E-state index is -0.782. The number of nitrogens with zero attached hydrogens (tertiary/aromatic N) is 1. The fourth-order valence-electron chi connectivity index (χ4n) is 2.22. The quantitative estimate of drug-likeness (QED) is 0.906. The van der Waals surface area contributed by atoms with Crippen molar-refractivity contribution in [2.75, 3.05) is 11.4 Å². The molecule has 1 N–H and O–H groups in total. The molecular formula is C16H17F2NO. The van der Waals surface area contributed by atoms with Crippen molar-refractivity contribution in [3.8, 4) is 0 Å². The molecule has 0 fully saturated rings. The van der Waals surface area contributed by atoms with Gasteiger partial charge in [0.15, 0.2) is 0 Å². The molecule has 0 saturated heterocycles. The molecule has 20 heavy (non-hydrogen) atoms. The third kappa shape index (κ3) is 2.96. The molecule has 0 aromatic heterocycles. The molecule has 0 unspecified atom stereocenters. The summed E-state index contributed by atoms with van der Waals surface area (Å²) < 4.78 is 26.4. The Kier molecular flexibility index (Phi) is 4.35. The summed E-state index contributed by atoms with van der Waals surface area (Å²) in [6.07, 6.45) is -0.782. The van der Waals surface area contributed by atoms with Crippen LogP contribution in [0, 0.1) is 11.6 Å². The van der Waals surface area contributed by atoms with Crippen molar-refractivity contribution in [1.82, 2.24) is 0 Å². The Morgan fingerprint density at radius 3 is 2.20 bits per heavy atom. The van der Waals surface area contributed by atoms with E-state index >= 15 is 0 Å². The average molecular weight is 277 g/mol. The molecule has 2 aromatic carbocycles. The first-order valence-corrected chi connectivity index (χ1v) is 6.53. The lowest BCUT2D eigenvalue weighted by Gasteiger charge is -2.27. The van der Waals surface area contributed by atoms with Gasteiger partial charge in [-0.1, -0.05) is 0 Å². The van der Waals surface area contributed by atoms with E-state index in [1.54, 1.807) is 25.1 Å². The van der Waals surface area contributed by atoms with Crippen LogP contribution in [0.3, 0.4) is 0 Å². The highest BCUT2D eigenvalue weighted by atomic mass is 19.1. The van der Waals surface area contributed by atoms with E-state index in [1.807, 2.05) is 11.8 Å². The van der Waals surface area contributed by atoms with Crippen LogP contribution in [-0.4, -0.2) is 11.7 Å². The lowest BCUT2D eigenvalue weighted by molar-refractivity contribution is 0.199. The second-order valence-corrected chi connectivity index (χ2v) is 4.60. The molecule has 0 aliphatic carbocycles. The molecule has 0 spiro atoms. The van der Waals surface area contributed by atoms with E-state index in [4.69, 9.17) is 0 Å². The zero-order valence-corrected chi connectivity index (χ0v) is 11.5. The normalized spacial score (nSPS) is 12.2. The zero-order valence-electron chi connectivity index (χ0n) is 11.5. The van der Waals surface area contributed by atoms with Gasteiger partial charge >= 0.3 is 0 Å². The molecule has 4 heteroatoms. The molecule has 0 aliphatic rings.